The Morgan fingerprint density at radius 2 is 1.38 bits per heavy atom. The monoisotopic (exact) mass is 428 g/mol. The third-order valence-electron chi connectivity index (χ3n) is 3.80. The predicted molar refractivity (Wildman–Crippen MR) is 108 cm³/mol. The van der Waals surface area contributed by atoms with Crippen molar-refractivity contribution in [2.75, 3.05) is 25.6 Å². The van der Waals surface area contributed by atoms with E-state index in [1.807, 2.05) is 0 Å². The van der Waals surface area contributed by atoms with Gasteiger partial charge in [0.1, 0.15) is 18.6 Å². The van der Waals surface area contributed by atoms with E-state index < -0.39 is 39.2 Å². The molecule has 1 N–H and O–H groups in total. The molecular formula is C18H29LiO9S. The zero-order valence-corrected chi connectivity index (χ0v) is 17.3. The summed E-state index contributed by atoms with van der Waals surface area (Å²) in [5, 5.41) is 0. The molecule has 162 valence electrons. The van der Waals surface area contributed by atoms with Crippen LogP contribution in [-0.4, -0.2) is 75.3 Å². The van der Waals surface area contributed by atoms with Crippen LogP contribution in [0, 0.1) is 5.41 Å². The van der Waals surface area contributed by atoms with Crippen molar-refractivity contribution < 1.29 is 41.6 Å². The molecule has 0 aromatic rings. The number of carbonyl (C=O) groups is 3. The first kappa shape index (κ1) is 29.6. The molecule has 0 aliphatic heterocycles. The molecule has 0 aromatic heterocycles. The Hall–Kier alpha value is -1.60. The van der Waals surface area contributed by atoms with Crippen LogP contribution in [0.4, 0.5) is 0 Å². The number of hydrogen-bond donors (Lipinski definition) is 1. The number of carbonyl (C=O) groups excluding carboxylic acids is 3. The normalized spacial score (nSPS) is 11.0. The fourth-order valence-corrected chi connectivity index (χ4v) is 2.44. The average molecular weight is 428 g/mol. The van der Waals surface area contributed by atoms with Gasteiger partial charge in [0.25, 0.3) is 10.1 Å². The van der Waals surface area contributed by atoms with E-state index in [1.165, 1.54) is 13.8 Å². The summed E-state index contributed by atoms with van der Waals surface area (Å²) in [6.07, 6.45) is 0.437. The first-order chi connectivity index (χ1) is 12.8. The van der Waals surface area contributed by atoms with Gasteiger partial charge in [0.2, 0.25) is 0 Å². The number of esters is 3. The van der Waals surface area contributed by atoms with Gasteiger partial charge in [-0.25, -0.2) is 9.59 Å². The van der Waals surface area contributed by atoms with E-state index in [0.29, 0.717) is 0 Å². The molecule has 0 unspecified atom stereocenters. The third kappa shape index (κ3) is 11.9. The van der Waals surface area contributed by atoms with Crippen LogP contribution >= 0.6 is 0 Å². The van der Waals surface area contributed by atoms with E-state index in [9.17, 15) is 22.8 Å². The van der Waals surface area contributed by atoms with Gasteiger partial charge < -0.3 is 14.2 Å². The molecular weight excluding hydrogens is 399 g/mol. The molecule has 0 radical (unpaired) electrons. The van der Waals surface area contributed by atoms with Crippen molar-refractivity contribution in [3.63, 3.8) is 0 Å². The van der Waals surface area contributed by atoms with Gasteiger partial charge in [0, 0.05) is 11.1 Å². The topological polar surface area (TPSA) is 133 Å². The van der Waals surface area contributed by atoms with Crippen LogP contribution in [-0.2, 0) is 38.7 Å². The van der Waals surface area contributed by atoms with E-state index in [4.69, 9.17) is 18.8 Å². The van der Waals surface area contributed by atoms with Crippen LogP contribution in [0.1, 0.15) is 40.0 Å². The Morgan fingerprint density at radius 1 is 0.931 bits per heavy atom. The van der Waals surface area contributed by atoms with Crippen molar-refractivity contribution >= 4 is 46.9 Å². The summed E-state index contributed by atoms with van der Waals surface area (Å²) in [6.45, 7) is 10.6. The third-order valence-corrected chi connectivity index (χ3v) is 4.60. The molecule has 0 atom stereocenters. The molecule has 0 saturated carbocycles. The van der Waals surface area contributed by atoms with E-state index in [-0.39, 0.29) is 69.1 Å². The maximum atomic E-state index is 12.6. The molecule has 0 heterocycles. The van der Waals surface area contributed by atoms with E-state index >= 15 is 0 Å². The number of hydrogen-bond acceptors (Lipinski definition) is 8. The summed E-state index contributed by atoms with van der Waals surface area (Å²) in [6, 6.07) is 0. The molecule has 0 amide bonds. The van der Waals surface area contributed by atoms with Crippen LogP contribution in [0.25, 0.3) is 0 Å². The van der Waals surface area contributed by atoms with Crippen molar-refractivity contribution in [3.05, 3.63) is 24.3 Å². The molecule has 0 aliphatic rings. The molecule has 0 fully saturated rings. The summed E-state index contributed by atoms with van der Waals surface area (Å²) in [4.78, 5) is 36.0. The van der Waals surface area contributed by atoms with Crippen LogP contribution in [0.15, 0.2) is 24.3 Å². The fourth-order valence-electron chi connectivity index (χ4n) is 1.87. The van der Waals surface area contributed by atoms with E-state index in [1.54, 1.807) is 6.92 Å². The summed E-state index contributed by atoms with van der Waals surface area (Å²) in [5.74, 6) is -2.61. The van der Waals surface area contributed by atoms with Crippen LogP contribution in [0.5, 0.6) is 0 Å². The quantitative estimate of drug-likeness (QED) is 0.115. The minimum absolute atomic E-state index is 0. The van der Waals surface area contributed by atoms with Crippen LogP contribution in [0.3, 0.4) is 0 Å². The van der Waals surface area contributed by atoms with E-state index in [0.717, 1.165) is 0 Å². The molecule has 29 heavy (non-hydrogen) atoms. The first-order valence-electron chi connectivity index (χ1n) is 8.62. The van der Waals surface area contributed by atoms with Crippen LogP contribution in [0.2, 0.25) is 0 Å². The zero-order chi connectivity index (χ0) is 22.0. The molecule has 0 bridgehead atoms. The molecule has 0 aromatic carbocycles. The predicted octanol–water partition coefficient (Wildman–Crippen LogP) is 1.18. The Bertz CT molecular complexity index is 683. The summed E-state index contributed by atoms with van der Waals surface area (Å²) in [5.41, 5.74) is -1.15. The van der Waals surface area contributed by atoms with Crippen LogP contribution < -0.4 is 0 Å². The molecule has 0 rings (SSSR count). The Labute approximate surface area is 183 Å². The zero-order valence-electron chi connectivity index (χ0n) is 16.5. The van der Waals surface area contributed by atoms with Gasteiger partial charge in [-0.3, -0.25) is 9.35 Å². The first-order valence-corrected chi connectivity index (χ1v) is 10.2. The van der Waals surface area contributed by atoms with Gasteiger partial charge in [0.05, 0.1) is 12.4 Å². The second-order valence-corrected chi connectivity index (χ2v) is 8.05. The molecule has 11 heteroatoms. The standard InChI is InChI=1S/C18H28O9S.Li.H/c1-6-18(11-26-15(19)13(2)3,12-27-16(20)14(4)5)17(21)25-9-7-8-10-28(22,23)24;;/h2,4,6-12H2,1,3,5H3,(H,22,23,24);;. The molecule has 9 nitrogen and oxygen atoms in total. The minimum atomic E-state index is -4.08. The summed E-state index contributed by atoms with van der Waals surface area (Å²) >= 11 is 0. The number of ether oxygens (including phenoxy) is 3. The second-order valence-electron chi connectivity index (χ2n) is 6.48. The van der Waals surface area contributed by atoms with Gasteiger partial charge in [0.15, 0.2) is 0 Å². The number of unbranched alkanes of at least 4 members (excludes halogenated alkanes) is 1. The van der Waals surface area contributed by atoms with Crippen molar-refractivity contribution in [3.8, 4) is 0 Å². The molecule has 0 saturated heterocycles. The van der Waals surface area contributed by atoms with Crippen molar-refractivity contribution in [1.82, 2.24) is 0 Å². The summed E-state index contributed by atoms with van der Waals surface area (Å²) < 4.78 is 45.4. The number of rotatable bonds is 13. The maximum absolute atomic E-state index is 12.6. The van der Waals surface area contributed by atoms with Crippen molar-refractivity contribution in [2.24, 2.45) is 5.41 Å². The summed E-state index contributed by atoms with van der Waals surface area (Å²) in [7, 11) is -4.08. The Kier molecular flexibility index (Phi) is 13.9. The van der Waals surface area contributed by atoms with E-state index in [2.05, 4.69) is 13.2 Å². The van der Waals surface area contributed by atoms with Crippen molar-refractivity contribution in [1.29, 1.82) is 0 Å². The fraction of sp³-hybridized carbons (Fsp3) is 0.611. The average Bonchev–Trinajstić information content (AvgIpc) is 2.59. The van der Waals surface area contributed by atoms with Gasteiger partial charge in [-0.05, 0) is 33.1 Å². The van der Waals surface area contributed by atoms with Crippen molar-refractivity contribution in [2.45, 2.75) is 40.0 Å². The second kappa shape index (κ2) is 13.6. The molecule has 0 spiro atoms. The van der Waals surface area contributed by atoms with Gasteiger partial charge in [-0.1, -0.05) is 20.1 Å². The SMILES string of the molecule is C=C(C)C(=O)OCC(CC)(COC(=O)C(=C)C)C(=O)OCCCCS(=O)(=O)O.[LiH]. The Morgan fingerprint density at radius 3 is 1.72 bits per heavy atom. The van der Waals surface area contributed by atoms with Gasteiger partial charge >= 0.3 is 36.8 Å². The molecule has 0 aliphatic carbocycles. The van der Waals surface area contributed by atoms with Gasteiger partial charge in [-0.15, -0.1) is 0 Å². The Balaban J connectivity index is 0. The van der Waals surface area contributed by atoms with Gasteiger partial charge in [-0.2, -0.15) is 8.42 Å².